The van der Waals surface area contributed by atoms with E-state index in [1.54, 1.807) is 0 Å². The molecule has 0 spiro atoms. The standard InChI is InChI=1S/C13H19N3O2/c1-9-5-4-6-10(2)16(9)12-11(13(17)18-3)7-14-8-15-12/h7-10H,4-6H2,1-3H3/t9-,10+. The number of aromatic nitrogens is 2. The molecule has 18 heavy (non-hydrogen) atoms. The molecule has 1 fully saturated rings. The molecule has 98 valence electrons. The lowest BCUT2D eigenvalue weighted by atomic mass is 9.97. The highest BCUT2D eigenvalue weighted by atomic mass is 16.5. The summed E-state index contributed by atoms with van der Waals surface area (Å²) in [7, 11) is 1.38. The third kappa shape index (κ3) is 2.30. The quantitative estimate of drug-likeness (QED) is 0.751. The van der Waals surface area contributed by atoms with Crippen molar-refractivity contribution in [3.63, 3.8) is 0 Å². The van der Waals surface area contributed by atoms with E-state index >= 15 is 0 Å². The molecular weight excluding hydrogens is 230 g/mol. The van der Waals surface area contributed by atoms with Crippen molar-refractivity contribution in [1.29, 1.82) is 0 Å². The van der Waals surface area contributed by atoms with Gasteiger partial charge in [-0.25, -0.2) is 14.8 Å². The van der Waals surface area contributed by atoms with Gasteiger partial charge in [0, 0.05) is 18.3 Å². The molecule has 1 aliphatic rings. The van der Waals surface area contributed by atoms with Crippen LogP contribution in [0.15, 0.2) is 12.5 Å². The third-order valence-corrected chi connectivity index (χ3v) is 3.53. The maximum Gasteiger partial charge on any atom is 0.343 e. The van der Waals surface area contributed by atoms with Gasteiger partial charge in [0.1, 0.15) is 17.7 Å². The van der Waals surface area contributed by atoms with E-state index in [4.69, 9.17) is 4.74 Å². The van der Waals surface area contributed by atoms with E-state index in [1.807, 2.05) is 0 Å². The summed E-state index contributed by atoms with van der Waals surface area (Å²) in [5.41, 5.74) is 0.445. The number of rotatable bonds is 2. The Morgan fingerprint density at radius 3 is 2.67 bits per heavy atom. The summed E-state index contributed by atoms with van der Waals surface area (Å²) >= 11 is 0. The highest BCUT2D eigenvalue weighted by Gasteiger charge is 2.29. The molecule has 1 aromatic heterocycles. The summed E-state index contributed by atoms with van der Waals surface area (Å²) in [6, 6.07) is 0.763. The second kappa shape index (κ2) is 5.33. The highest BCUT2D eigenvalue weighted by molar-refractivity contribution is 5.94. The maximum absolute atomic E-state index is 11.8. The zero-order valence-electron chi connectivity index (χ0n) is 11.1. The Hall–Kier alpha value is -1.65. The van der Waals surface area contributed by atoms with Crippen LogP contribution in [0.3, 0.4) is 0 Å². The number of ether oxygens (including phenoxy) is 1. The van der Waals surface area contributed by atoms with Gasteiger partial charge in [-0.05, 0) is 33.1 Å². The van der Waals surface area contributed by atoms with Crippen molar-refractivity contribution in [1.82, 2.24) is 9.97 Å². The number of anilines is 1. The van der Waals surface area contributed by atoms with Crippen molar-refractivity contribution in [2.24, 2.45) is 0 Å². The topological polar surface area (TPSA) is 55.3 Å². The number of esters is 1. The van der Waals surface area contributed by atoms with Crippen molar-refractivity contribution < 1.29 is 9.53 Å². The second-order valence-corrected chi connectivity index (χ2v) is 4.79. The molecule has 0 N–H and O–H groups in total. The lowest BCUT2D eigenvalue weighted by molar-refractivity contribution is 0.0600. The minimum atomic E-state index is -0.379. The Morgan fingerprint density at radius 1 is 1.39 bits per heavy atom. The van der Waals surface area contributed by atoms with Gasteiger partial charge >= 0.3 is 5.97 Å². The molecule has 0 aliphatic carbocycles. The molecule has 0 saturated carbocycles. The highest BCUT2D eigenvalue weighted by Crippen LogP contribution is 2.29. The van der Waals surface area contributed by atoms with E-state index in [2.05, 4.69) is 28.7 Å². The maximum atomic E-state index is 11.8. The number of piperidine rings is 1. The summed E-state index contributed by atoms with van der Waals surface area (Å²) in [6.45, 7) is 4.33. The minimum Gasteiger partial charge on any atom is -0.465 e. The lowest BCUT2D eigenvalue weighted by Crippen LogP contribution is -2.45. The van der Waals surface area contributed by atoms with Crippen LogP contribution in [0, 0.1) is 0 Å². The number of hydrogen-bond donors (Lipinski definition) is 0. The molecule has 0 bridgehead atoms. The molecule has 2 heterocycles. The number of nitrogens with zero attached hydrogens (tertiary/aromatic N) is 3. The first-order valence-corrected chi connectivity index (χ1v) is 6.31. The van der Waals surface area contributed by atoms with Crippen LogP contribution in [0.1, 0.15) is 43.5 Å². The van der Waals surface area contributed by atoms with Crippen LogP contribution in [-0.2, 0) is 4.74 Å². The average Bonchev–Trinajstić information content (AvgIpc) is 2.38. The van der Waals surface area contributed by atoms with Crippen LogP contribution in [0.25, 0.3) is 0 Å². The number of carbonyl (C=O) groups is 1. The summed E-state index contributed by atoms with van der Waals surface area (Å²) in [4.78, 5) is 22.2. The first kappa shape index (κ1) is 12.8. The van der Waals surface area contributed by atoms with Crippen molar-refractivity contribution >= 4 is 11.8 Å². The fourth-order valence-electron chi connectivity index (χ4n) is 2.62. The predicted molar refractivity (Wildman–Crippen MR) is 68.6 cm³/mol. The monoisotopic (exact) mass is 249 g/mol. The third-order valence-electron chi connectivity index (χ3n) is 3.53. The molecule has 0 radical (unpaired) electrons. The molecule has 1 saturated heterocycles. The van der Waals surface area contributed by atoms with Crippen LogP contribution in [0.4, 0.5) is 5.82 Å². The predicted octanol–water partition coefficient (Wildman–Crippen LogP) is 2.03. The van der Waals surface area contributed by atoms with Gasteiger partial charge in [-0.15, -0.1) is 0 Å². The Morgan fingerprint density at radius 2 is 2.06 bits per heavy atom. The van der Waals surface area contributed by atoms with Gasteiger partial charge in [0.05, 0.1) is 7.11 Å². The molecule has 5 nitrogen and oxygen atoms in total. The molecule has 0 aromatic carbocycles. The SMILES string of the molecule is COC(=O)c1cncnc1N1[C@H](C)CCC[C@@H]1C. The Bertz CT molecular complexity index is 426. The summed E-state index contributed by atoms with van der Waals surface area (Å²) in [5, 5.41) is 0. The average molecular weight is 249 g/mol. The van der Waals surface area contributed by atoms with Crippen LogP contribution >= 0.6 is 0 Å². The Labute approximate surface area is 107 Å². The fraction of sp³-hybridized carbons (Fsp3) is 0.615. The summed E-state index contributed by atoms with van der Waals surface area (Å²) < 4.78 is 4.79. The van der Waals surface area contributed by atoms with Gasteiger partial charge in [0.15, 0.2) is 0 Å². The number of carbonyl (C=O) groups excluding carboxylic acids is 1. The molecule has 1 aromatic rings. The van der Waals surface area contributed by atoms with E-state index < -0.39 is 0 Å². The van der Waals surface area contributed by atoms with Crippen molar-refractivity contribution in [2.45, 2.75) is 45.2 Å². The number of methoxy groups -OCH3 is 1. The van der Waals surface area contributed by atoms with Crippen LogP contribution in [-0.4, -0.2) is 35.1 Å². The first-order chi connectivity index (χ1) is 8.65. The fourth-order valence-corrected chi connectivity index (χ4v) is 2.62. The van der Waals surface area contributed by atoms with Crippen molar-refractivity contribution in [3.05, 3.63) is 18.1 Å². The van der Waals surface area contributed by atoms with Crippen molar-refractivity contribution in [3.8, 4) is 0 Å². The molecule has 2 atom stereocenters. The summed E-state index contributed by atoms with van der Waals surface area (Å²) in [5.74, 6) is 0.312. The van der Waals surface area contributed by atoms with E-state index in [-0.39, 0.29) is 5.97 Å². The zero-order chi connectivity index (χ0) is 13.1. The molecular formula is C13H19N3O2. The van der Waals surface area contributed by atoms with Gasteiger partial charge in [-0.1, -0.05) is 0 Å². The van der Waals surface area contributed by atoms with Crippen LogP contribution in [0.5, 0.6) is 0 Å². The van der Waals surface area contributed by atoms with Gasteiger partial charge in [-0.3, -0.25) is 0 Å². The van der Waals surface area contributed by atoms with Gasteiger partial charge < -0.3 is 9.64 Å². The van der Waals surface area contributed by atoms with Crippen molar-refractivity contribution in [2.75, 3.05) is 12.0 Å². The first-order valence-electron chi connectivity index (χ1n) is 6.31. The Kier molecular flexibility index (Phi) is 3.79. The van der Waals surface area contributed by atoms with Gasteiger partial charge in [-0.2, -0.15) is 0 Å². The smallest absolute Gasteiger partial charge is 0.343 e. The molecule has 5 heteroatoms. The zero-order valence-corrected chi connectivity index (χ0v) is 11.1. The van der Waals surface area contributed by atoms with E-state index in [9.17, 15) is 4.79 Å². The lowest BCUT2D eigenvalue weighted by Gasteiger charge is -2.40. The molecule has 1 aliphatic heterocycles. The minimum absolute atomic E-state index is 0.379. The summed E-state index contributed by atoms with van der Waals surface area (Å²) in [6.07, 6.45) is 6.47. The molecule has 0 unspecified atom stereocenters. The normalized spacial score (nSPS) is 23.8. The van der Waals surface area contributed by atoms with Crippen LogP contribution in [0.2, 0.25) is 0 Å². The van der Waals surface area contributed by atoms with E-state index in [0.29, 0.717) is 23.5 Å². The number of hydrogen-bond acceptors (Lipinski definition) is 5. The van der Waals surface area contributed by atoms with Gasteiger partial charge in [0.25, 0.3) is 0 Å². The Balaban J connectivity index is 2.39. The largest absolute Gasteiger partial charge is 0.465 e. The van der Waals surface area contributed by atoms with Crippen LogP contribution < -0.4 is 4.90 Å². The molecule has 0 amide bonds. The van der Waals surface area contributed by atoms with E-state index in [0.717, 1.165) is 12.8 Å². The van der Waals surface area contributed by atoms with E-state index in [1.165, 1.54) is 26.1 Å². The molecule has 2 rings (SSSR count). The van der Waals surface area contributed by atoms with Gasteiger partial charge in [0.2, 0.25) is 0 Å². The second-order valence-electron chi connectivity index (χ2n) is 4.79.